The van der Waals surface area contributed by atoms with Crippen molar-refractivity contribution in [2.45, 2.75) is 0 Å². The lowest BCUT2D eigenvalue weighted by molar-refractivity contribution is 0.457. The summed E-state index contributed by atoms with van der Waals surface area (Å²) in [7, 11) is 0. The van der Waals surface area contributed by atoms with Gasteiger partial charge in [-0.3, -0.25) is 4.55 Å². The van der Waals surface area contributed by atoms with Gasteiger partial charge in [0.2, 0.25) is 0 Å². The molecule has 3 aromatic rings. The molecule has 0 amide bonds. The Kier molecular flexibility index (Phi) is 2.85. The van der Waals surface area contributed by atoms with E-state index in [0.29, 0.717) is 10.8 Å². The Bertz CT molecular complexity index is 798. The second-order valence-electron chi connectivity index (χ2n) is 4.13. The quantitative estimate of drug-likeness (QED) is 0.556. The second-order valence-corrected chi connectivity index (χ2v) is 4.73. The van der Waals surface area contributed by atoms with E-state index >= 15 is 0 Å². The molecule has 3 rings (SSSR count). The Morgan fingerprint density at radius 3 is 2.21 bits per heavy atom. The fraction of sp³-hybridized carbons (Fsp3) is 0. The van der Waals surface area contributed by atoms with Crippen molar-refractivity contribution in [3.05, 3.63) is 48.5 Å². The minimum atomic E-state index is -2.39. The first-order chi connectivity index (χ1) is 9.15. The van der Waals surface area contributed by atoms with E-state index < -0.39 is 11.4 Å². The molecule has 0 radical (unpaired) electrons. The van der Waals surface area contributed by atoms with Crippen LogP contribution in [0.3, 0.4) is 0 Å². The van der Waals surface area contributed by atoms with Crippen LogP contribution >= 0.6 is 0 Å². The SMILES string of the molecule is O=S(O)Oc1ccc(O)c2cc3ccccc3cc12. The molecular formula is C14H10O4S. The molecule has 0 aliphatic heterocycles. The van der Waals surface area contributed by atoms with Gasteiger partial charge in [-0.25, -0.2) is 0 Å². The maximum Gasteiger partial charge on any atom is 0.357 e. The summed E-state index contributed by atoms with van der Waals surface area (Å²) in [5, 5.41) is 13.0. The molecule has 0 saturated carbocycles. The first kappa shape index (κ1) is 12.0. The average molecular weight is 274 g/mol. The largest absolute Gasteiger partial charge is 0.507 e. The van der Waals surface area contributed by atoms with Crippen molar-refractivity contribution in [2.24, 2.45) is 0 Å². The van der Waals surface area contributed by atoms with Gasteiger partial charge in [0.25, 0.3) is 0 Å². The van der Waals surface area contributed by atoms with Crippen molar-refractivity contribution < 1.29 is 18.1 Å². The standard InChI is InChI=1S/C14H10O4S/c15-13-5-6-14(18-19(16)17)12-8-10-4-2-1-3-9(10)7-11(12)13/h1-8,15H,(H,16,17). The third-order valence-electron chi connectivity index (χ3n) is 2.98. The minimum absolute atomic E-state index is 0.108. The van der Waals surface area contributed by atoms with Gasteiger partial charge in [-0.1, -0.05) is 24.3 Å². The summed E-state index contributed by atoms with van der Waals surface area (Å²) in [6.07, 6.45) is 0. The molecule has 19 heavy (non-hydrogen) atoms. The van der Waals surface area contributed by atoms with Crippen LogP contribution in [0.2, 0.25) is 0 Å². The lowest BCUT2D eigenvalue weighted by Crippen LogP contribution is -1.97. The molecule has 0 aromatic heterocycles. The van der Waals surface area contributed by atoms with Gasteiger partial charge in [-0.2, -0.15) is 4.21 Å². The summed E-state index contributed by atoms with van der Waals surface area (Å²) in [5.41, 5.74) is 0. The van der Waals surface area contributed by atoms with E-state index in [1.807, 2.05) is 36.4 Å². The highest BCUT2D eigenvalue weighted by Crippen LogP contribution is 2.35. The summed E-state index contributed by atoms with van der Waals surface area (Å²) in [4.78, 5) is 0. The van der Waals surface area contributed by atoms with Crippen LogP contribution in [0.25, 0.3) is 21.5 Å². The van der Waals surface area contributed by atoms with Gasteiger partial charge in [0.15, 0.2) is 5.75 Å². The van der Waals surface area contributed by atoms with Gasteiger partial charge >= 0.3 is 11.4 Å². The third kappa shape index (κ3) is 2.14. The summed E-state index contributed by atoms with van der Waals surface area (Å²) in [5.74, 6) is 0.371. The third-order valence-corrected chi connectivity index (χ3v) is 3.30. The fourth-order valence-electron chi connectivity index (χ4n) is 2.14. The maximum atomic E-state index is 10.8. The smallest absolute Gasteiger partial charge is 0.357 e. The van der Waals surface area contributed by atoms with Crippen LogP contribution in [0, 0.1) is 0 Å². The van der Waals surface area contributed by atoms with Crippen LogP contribution in [-0.2, 0) is 11.4 Å². The first-order valence-corrected chi connectivity index (χ1v) is 6.62. The van der Waals surface area contributed by atoms with Gasteiger partial charge in [-0.15, -0.1) is 0 Å². The Hall–Kier alpha value is -2.11. The molecule has 2 N–H and O–H groups in total. The molecule has 1 atom stereocenters. The molecule has 4 nitrogen and oxygen atoms in total. The van der Waals surface area contributed by atoms with Crippen molar-refractivity contribution in [3.8, 4) is 11.5 Å². The highest BCUT2D eigenvalue weighted by atomic mass is 32.2. The van der Waals surface area contributed by atoms with Crippen LogP contribution in [-0.4, -0.2) is 13.9 Å². The van der Waals surface area contributed by atoms with Gasteiger partial charge < -0.3 is 9.29 Å². The average Bonchev–Trinajstić information content (AvgIpc) is 2.40. The first-order valence-electron chi connectivity index (χ1n) is 5.59. The number of benzene rings is 3. The van der Waals surface area contributed by atoms with Crippen LogP contribution in [0.15, 0.2) is 48.5 Å². The number of rotatable bonds is 2. The van der Waals surface area contributed by atoms with Crippen LogP contribution in [0.5, 0.6) is 11.5 Å². The van der Waals surface area contributed by atoms with Crippen LogP contribution in [0.1, 0.15) is 0 Å². The Balaban J connectivity index is 2.37. The number of aromatic hydroxyl groups is 1. The van der Waals surface area contributed by atoms with Crippen LogP contribution in [0.4, 0.5) is 0 Å². The lowest BCUT2D eigenvalue weighted by atomic mass is 10.0. The second kappa shape index (κ2) is 4.53. The highest BCUT2D eigenvalue weighted by Gasteiger charge is 2.10. The Morgan fingerprint density at radius 2 is 1.58 bits per heavy atom. The van der Waals surface area contributed by atoms with Crippen molar-refractivity contribution in [1.82, 2.24) is 0 Å². The number of phenolic OH excluding ortho intramolecular Hbond substituents is 1. The van der Waals surface area contributed by atoms with Gasteiger partial charge in [-0.05, 0) is 35.0 Å². The van der Waals surface area contributed by atoms with Gasteiger partial charge in [0, 0.05) is 10.8 Å². The molecule has 0 spiro atoms. The summed E-state index contributed by atoms with van der Waals surface area (Å²) in [6.45, 7) is 0. The number of hydrogen-bond acceptors (Lipinski definition) is 3. The topological polar surface area (TPSA) is 66.8 Å². The highest BCUT2D eigenvalue weighted by molar-refractivity contribution is 7.74. The number of phenols is 1. The zero-order valence-corrected chi connectivity index (χ0v) is 10.6. The zero-order chi connectivity index (χ0) is 13.4. The van der Waals surface area contributed by atoms with Gasteiger partial charge in [0.05, 0.1) is 0 Å². The van der Waals surface area contributed by atoms with Crippen molar-refractivity contribution in [1.29, 1.82) is 0 Å². The molecule has 0 heterocycles. The molecule has 0 aliphatic carbocycles. The summed E-state index contributed by atoms with van der Waals surface area (Å²) < 4.78 is 24.5. The van der Waals surface area contributed by atoms with Gasteiger partial charge in [0.1, 0.15) is 5.75 Å². The predicted molar refractivity (Wildman–Crippen MR) is 74.5 cm³/mol. The van der Waals surface area contributed by atoms with Crippen LogP contribution < -0.4 is 4.18 Å². The molecule has 96 valence electrons. The predicted octanol–water partition coefficient (Wildman–Crippen LogP) is 3.21. The maximum absolute atomic E-state index is 10.8. The molecular weight excluding hydrogens is 264 g/mol. The molecule has 0 aliphatic rings. The van der Waals surface area contributed by atoms with E-state index in [4.69, 9.17) is 8.74 Å². The Labute approximate surface area is 111 Å². The normalized spacial score (nSPS) is 12.7. The molecule has 3 aromatic carbocycles. The van der Waals surface area contributed by atoms with E-state index in [1.54, 1.807) is 0 Å². The Morgan fingerprint density at radius 1 is 0.947 bits per heavy atom. The number of hydrogen-bond donors (Lipinski definition) is 2. The summed E-state index contributed by atoms with van der Waals surface area (Å²) in [6, 6.07) is 14.3. The molecule has 0 bridgehead atoms. The van der Waals surface area contributed by atoms with E-state index in [9.17, 15) is 9.32 Å². The van der Waals surface area contributed by atoms with E-state index in [0.717, 1.165) is 10.8 Å². The fourth-order valence-corrected chi connectivity index (χ4v) is 2.44. The van der Waals surface area contributed by atoms with Crippen molar-refractivity contribution >= 4 is 32.9 Å². The van der Waals surface area contributed by atoms with E-state index in [2.05, 4.69) is 0 Å². The minimum Gasteiger partial charge on any atom is -0.507 e. The summed E-state index contributed by atoms with van der Waals surface area (Å²) >= 11 is -2.39. The van der Waals surface area contributed by atoms with Crippen molar-refractivity contribution in [2.75, 3.05) is 0 Å². The number of fused-ring (bicyclic) bond motifs is 2. The van der Waals surface area contributed by atoms with Crippen molar-refractivity contribution in [3.63, 3.8) is 0 Å². The van der Waals surface area contributed by atoms with E-state index in [-0.39, 0.29) is 11.5 Å². The monoisotopic (exact) mass is 274 g/mol. The molecule has 0 saturated heterocycles. The lowest BCUT2D eigenvalue weighted by Gasteiger charge is -2.08. The van der Waals surface area contributed by atoms with E-state index in [1.165, 1.54) is 12.1 Å². The zero-order valence-electron chi connectivity index (χ0n) is 9.74. The molecule has 1 unspecified atom stereocenters. The molecule has 0 fully saturated rings. The molecule has 5 heteroatoms.